The summed E-state index contributed by atoms with van der Waals surface area (Å²) in [5, 5.41) is 14.5. The van der Waals surface area contributed by atoms with Crippen LogP contribution in [0.25, 0.3) is 33.8 Å². The van der Waals surface area contributed by atoms with Crippen LogP contribution in [0, 0.1) is 11.3 Å². The molecular weight excluding hydrogens is 410 g/mol. The van der Waals surface area contributed by atoms with Crippen LogP contribution in [0.15, 0.2) is 84.9 Å². The third kappa shape index (κ3) is 3.88. The number of rotatable bonds is 6. The van der Waals surface area contributed by atoms with Gasteiger partial charge < -0.3 is 10.1 Å². The minimum atomic E-state index is 0.501. The van der Waals surface area contributed by atoms with Crippen molar-refractivity contribution in [3.8, 4) is 17.8 Å². The topological polar surface area (TPSA) is 75.8 Å². The van der Waals surface area contributed by atoms with Crippen molar-refractivity contribution in [3.63, 3.8) is 0 Å². The summed E-state index contributed by atoms with van der Waals surface area (Å²) in [5.41, 5.74) is 3.64. The van der Waals surface area contributed by atoms with Crippen molar-refractivity contribution in [2.75, 3.05) is 12.4 Å². The first-order valence-electron chi connectivity index (χ1n) is 10.6. The second kappa shape index (κ2) is 8.85. The Bertz CT molecular complexity index is 1510. The molecule has 160 valence electrons. The van der Waals surface area contributed by atoms with E-state index in [0.29, 0.717) is 29.6 Å². The highest BCUT2D eigenvalue weighted by molar-refractivity contribution is 5.94. The number of hydrogen-bond donors (Lipinski definition) is 1. The van der Waals surface area contributed by atoms with Crippen molar-refractivity contribution in [1.29, 1.82) is 5.26 Å². The van der Waals surface area contributed by atoms with E-state index in [9.17, 15) is 0 Å². The van der Waals surface area contributed by atoms with Crippen molar-refractivity contribution in [1.82, 2.24) is 14.5 Å². The monoisotopic (exact) mass is 431 g/mol. The molecule has 33 heavy (non-hydrogen) atoms. The number of ether oxygens (including phenoxy) is 1. The van der Waals surface area contributed by atoms with Crippen LogP contribution in [0.3, 0.4) is 0 Å². The summed E-state index contributed by atoms with van der Waals surface area (Å²) in [4.78, 5) is 9.81. The molecule has 0 spiro atoms. The average Bonchev–Trinajstić information content (AvgIpc) is 3.24. The molecule has 2 aromatic heterocycles. The first-order valence-corrected chi connectivity index (χ1v) is 10.6. The van der Waals surface area contributed by atoms with Gasteiger partial charge >= 0.3 is 0 Å². The highest BCUT2D eigenvalue weighted by Gasteiger charge is 2.16. The summed E-state index contributed by atoms with van der Waals surface area (Å²) in [6, 6.07) is 28.1. The molecular formula is C27H21N5O. The van der Waals surface area contributed by atoms with Crippen LogP contribution in [0.5, 0.6) is 5.75 Å². The lowest BCUT2D eigenvalue weighted by Gasteiger charge is -2.14. The van der Waals surface area contributed by atoms with Gasteiger partial charge in [0, 0.05) is 23.4 Å². The van der Waals surface area contributed by atoms with E-state index in [4.69, 9.17) is 20.0 Å². The first kappa shape index (κ1) is 20.3. The molecule has 5 aromatic rings. The van der Waals surface area contributed by atoms with Crippen LogP contribution in [0.4, 0.5) is 5.82 Å². The van der Waals surface area contributed by atoms with Gasteiger partial charge in [-0.1, -0.05) is 54.6 Å². The number of nitrogens with one attached hydrogen (secondary N) is 1. The maximum atomic E-state index is 9.09. The Morgan fingerprint density at radius 2 is 1.82 bits per heavy atom. The third-order valence-electron chi connectivity index (χ3n) is 5.47. The van der Waals surface area contributed by atoms with Crippen LogP contribution in [0.2, 0.25) is 0 Å². The van der Waals surface area contributed by atoms with E-state index in [1.165, 1.54) is 6.08 Å². The molecule has 5 rings (SSSR count). The van der Waals surface area contributed by atoms with Gasteiger partial charge in [0.25, 0.3) is 0 Å². The van der Waals surface area contributed by atoms with Gasteiger partial charge in [-0.2, -0.15) is 10.2 Å². The van der Waals surface area contributed by atoms with Crippen LogP contribution >= 0.6 is 0 Å². The van der Waals surface area contributed by atoms with Crippen molar-refractivity contribution in [3.05, 3.63) is 96.2 Å². The zero-order valence-electron chi connectivity index (χ0n) is 18.1. The minimum Gasteiger partial charge on any atom is -0.494 e. The summed E-state index contributed by atoms with van der Waals surface area (Å²) >= 11 is 0. The van der Waals surface area contributed by atoms with Gasteiger partial charge in [-0.25, -0.2) is 4.98 Å². The number of nitriles is 1. The van der Waals surface area contributed by atoms with E-state index < -0.39 is 0 Å². The Hall–Kier alpha value is -4.63. The number of aromatic nitrogens is 3. The largest absolute Gasteiger partial charge is 0.494 e. The van der Waals surface area contributed by atoms with Crippen LogP contribution < -0.4 is 10.1 Å². The normalized spacial score (nSPS) is 11.2. The standard InChI is InChI=1S/C27H21N5O/c1-33-24-15-7-13-22-25(24)30-27(31-26(22)29-18-19-9-3-2-4-10-19)32-21(12-8-16-28)17-20-11-5-6-14-23(20)32/h2-15,17H,18H2,1H3,(H,29,30,31)/b12-8-. The molecule has 0 radical (unpaired) electrons. The number of nitrogens with zero attached hydrogens (tertiary/aromatic N) is 4. The molecule has 0 fully saturated rings. The fourth-order valence-electron chi connectivity index (χ4n) is 3.94. The molecule has 6 heteroatoms. The van der Waals surface area contributed by atoms with Gasteiger partial charge in [0.1, 0.15) is 17.1 Å². The van der Waals surface area contributed by atoms with Crippen LogP contribution in [-0.2, 0) is 6.54 Å². The molecule has 6 nitrogen and oxygen atoms in total. The molecule has 0 bridgehead atoms. The number of anilines is 1. The molecule has 0 unspecified atom stereocenters. The average molecular weight is 431 g/mol. The Morgan fingerprint density at radius 1 is 1.00 bits per heavy atom. The van der Waals surface area contributed by atoms with Gasteiger partial charge in [-0.15, -0.1) is 0 Å². The minimum absolute atomic E-state index is 0.501. The number of benzene rings is 3. The summed E-state index contributed by atoms with van der Waals surface area (Å²) in [6.07, 6.45) is 3.23. The molecule has 0 saturated heterocycles. The molecule has 0 aliphatic heterocycles. The molecule has 0 aliphatic carbocycles. The maximum absolute atomic E-state index is 9.09. The zero-order valence-corrected chi connectivity index (χ0v) is 18.1. The van der Waals surface area contributed by atoms with Gasteiger partial charge in [0.05, 0.1) is 24.4 Å². The highest BCUT2D eigenvalue weighted by Crippen LogP contribution is 2.31. The quantitative estimate of drug-likeness (QED) is 0.347. The second-order valence-electron chi connectivity index (χ2n) is 7.49. The SMILES string of the molecule is COc1cccc2c(NCc3ccccc3)nc(-n3c(/C=C\C#N)cc4ccccc43)nc12. The van der Waals surface area contributed by atoms with Crippen molar-refractivity contribution < 1.29 is 4.74 Å². The van der Waals surface area contributed by atoms with Crippen molar-refractivity contribution >= 4 is 33.7 Å². The fourth-order valence-corrected chi connectivity index (χ4v) is 3.94. The van der Waals surface area contributed by atoms with E-state index in [1.807, 2.05) is 71.3 Å². The lowest BCUT2D eigenvalue weighted by molar-refractivity contribution is 0.419. The molecule has 2 heterocycles. The predicted octanol–water partition coefficient (Wildman–Crippen LogP) is 5.73. The smallest absolute Gasteiger partial charge is 0.237 e. The number of para-hydroxylation sites is 2. The van der Waals surface area contributed by atoms with Gasteiger partial charge in [-0.3, -0.25) is 4.57 Å². The summed E-state index contributed by atoms with van der Waals surface area (Å²) in [5.74, 6) is 1.89. The maximum Gasteiger partial charge on any atom is 0.237 e. The molecule has 0 atom stereocenters. The third-order valence-corrected chi connectivity index (χ3v) is 5.47. The number of hydrogen-bond acceptors (Lipinski definition) is 5. The van der Waals surface area contributed by atoms with Gasteiger partial charge in [0.2, 0.25) is 5.95 Å². The molecule has 1 N–H and O–H groups in total. The van der Waals surface area contributed by atoms with Crippen molar-refractivity contribution in [2.24, 2.45) is 0 Å². The van der Waals surface area contributed by atoms with E-state index in [1.54, 1.807) is 13.2 Å². The predicted molar refractivity (Wildman–Crippen MR) is 131 cm³/mol. The van der Waals surface area contributed by atoms with E-state index in [-0.39, 0.29) is 0 Å². The summed E-state index contributed by atoms with van der Waals surface area (Å²) < 4.78 is 7.58. The zero-order chi connectivity index (χ0) is 22.6. The highest BCUT2D eigenvalue weighted by atomic mass is 16.5. The van der Waals surface area contributed by atoms with E-state index >= 15 is 0 Å². The Labute approximate surface area is 191 Å². The lowest BCUT2D eigenvalue weighted by atomic mass is 10.2. The Kier molecular flexibility index (Phi) is 5.44. The van der Waals surface area contributed by atoms with Gasteiger partial charge in [-0.05, 0) is 35.9 Å². The number of methoxy groups -OCH3 is 1. The lowest BCUT2D eigenvalue weighted by Crippen LogP contribution is -2.09. The van der Waals surface area contributed by atoms with Crippen LogP contribution in [-0.4, -0.2) is 21.6 Å². The number of allylic oxidation sites excluding steroid dienone is 1. The number of fused-ring (bicyclic) bond motifs is 2. The summed E-state index contributed by atoms with van der Waals surface area (Å²) in [7, 11) is 1.64. The first-order chi connectivity index (χ1) is 16.3. The van der Waals surface area contributed by atoms with E-state index in [0.717, 1.165) is 27.5 Å². The molecule has 0 aliphatic rings. The van der Waals surface area contributed by atoms with E-state index in [2.05, 4.69) is 23.5 Å². The summed E-state index contributed by atoms with van der Waals surface area (Å²) in [6.45, 7) is 0.622. The van der Waals surface area contributed by atoms with Crippen LogP contribution in [0.1, 0.15) is 11.3 Å². The Balaban J connectivity index is 1.73. The Morgan fingerprint density at radius 3 is 2.64 bits per heavy atom. The van der Waals surface area contributed by atoms with Crippen molar-refractivity contribution in [2.45, 2.75) is 6.54 Å². The molecule has 0 amide bonds. The molecule has 0 saturated carbocycles. The second-order valence-corrected chi connectivity index (χ2v) is 7.49. The molecule has 3 aromatic carbocycles. The van der Waals surface area contributed by atoms with Gasteiger partial charge in [0.15, 0.2) is 0 Å². The fraction of sp³-hybridized carbons (Fsp3) is 0.0741.